The number of pyridine rings is 1. The van der Waals surface area contributed by atoms with E-state index in [0.29, 0.717) is 40.9 Å². The van der Waals surface area contributed by atoms with Crippen molar-refractivity contribution in [2.45, 2.75) is 39.2 Å². The number of hydrogen-bond donors (Lipinski definition) is 2. The highest BCUT2D eigenvalue weighted by molar-refractivity contribution is 5.88. The number of hydrogen-bond acceptors (Lipinski definition) is 8. The van der Waals surface area contributed by atoms with Gasteiger partial charge in [-0.25, -0.2) is 9.97 Å². The average molecular weight is 482 g/mol. The minimum absolute atomic E-state index is 0.0204. The van der Waals surface area contributed by atoms with Gasteiger partial charge < -0.3 is 25.2 Å². The Hall–Kier alpha value is -3.43. The number of amides is 2. The van der Waals surface area contributed by atoms with E-state index in [1.54, 1.807) is 20.4 Å². The summed E-state index contributed by atoms with van der Waals surface area (Å²) in [6.07, 6.45) is 5.14. The molecule has 0 bridgehead atoms. The number of carbonyl (C=O) groups is 2. The maximum absolute atomic E-state index is 12.2. The zero-order valence-corrected chi connectivity index (χ0v) is 21.0. The third-order valence-corrected chi connectivity index (χ3v) is 6.80. The second kappa shape index (κ2) is 10.1. The van der Waals surface area contributed by atoms with Crippen molar-refractivity contribution in [1.82, 2.24) is 25.2 Å². The zero-order valence-electron chi connectivity index (χ0n) is 21.0. The molecule has 2 aliphatic heterocycles. The first-order valence-corrected chi connectivity index (χ1v) is 12.1. The lowest BCUT2D eigenvalue weighted by Gasteiger charge is -2.47. The number of anilines is 2. The molecule has 2 fully saturated rings. The van der Waals surface area contributed by atoms with E-state index >= 15 is 0 Å². The summed E-state index contributed by atoms with van der Waals surface area (Å²) in [6, 6.07) is 1.76. The lowest BCUT2D eigenvalue weighted by Crippen LogP contribution is -2.59. The van der Waals surface area contributed by atoms with Gasteiger partial charge in [-0.05, 0) is 24.8 Å². The normalized spacial score (nSPS) is 17.4. The second-order valence-corrected chi connectivity index (χ2v) is 10.0. The van der Waals surface area contributed by atoms with Crippen LogP contribution in [0.2, 0.25) is 0 Å². The molecule has 10 heteroatoms. The van der Waals surface area contributed by atoms with Crippen LogP contribution in [0.5, 0.6) is 5.75 Å². The van der Waals surface area contributed by atoms with Crippen LogP contribution in [0.3, 0.4) is 0 Å². The second-order valence-electron chi connectivity index (χ2n) is 10.0. The molecule has 0 aliphatic carbocycles. The molecule has 0 unspecified atom stereocenters. The number of ether oxygens (including phenoxy) is 1. The zero-order chi connectivity index (χ0) is 25.2. The minimum atomic E-state index is -0.0974. The van der Waals surface area contributed by atoms with Crippen molar-refractivity contribution in [3.8, 4) is 5.75 Å². The van der Waals surface area contributed by atoms with Crippen LogP contribution in [0.4, 0.5) is 11.8 Å². The Morgan fingerprint density at radius 2 is 2.06 bits per heavy atom. The molecule has 0 aromatic carbocycles. The summed E-state index contributed by atoms with van der Waals surface area (Å²) in [5.74, 6) is 2.20. The Morgan fingerprint density at radius 1 is 1.29 bits per heavy atom. The molecule has 0 saturated carbocycles. The summed E-state index contributed by atoms with van der Waals surface area (Å²) in [5, 5.41) is 6.21. The van der Waals surface area contributed by atoms with Gasteiger partial charge in [0.1, 0.15) is 16.8 Å². The predicted molar refractivity (Wildman–Crippen MR) is 135 cm³/mol. The molecule has 2 N–H and O–H groups in total. The van der Waals surface area contributed by atoms with Gasteiger partial charge in [-0.1, -0.05) is 20.4 Å². The first-order valence-electron chi connectivity index (χ1n) is 12.1. The van der Waals surface area contributed by atoms with Gasteiger partial charge in [-0.15, -0.1) is 0 Å². The van der Waals surface area contributed by atoms with Gasteiger partial charge in [0, 0.05) is 57.2 Å². The van der Waals surface area contributed by atoms with Crippen molar-refractivity contribution < 1.29 is 14.3 Å². The Kier molecular flexibility index (Phi) is 7.09. The maximum Gasteiger partial charge on any atom is 0.245 e. The van der Waals surface area contributed by atoms with E-state index in [2.05, 4.69) is 40.9 Å². The topological polar surface area (TPSA) is 113 Å². The molecule has 4 heterocycles. The lowest BCUT2D eigenvalue weighted by atomic mass is 9.79. The summed E-state index contributed by atoms with van der Waals surface area (Å²) in [7, 11) is 3.25. The van der Waals surface area contributed by atoms with Gasteiger partial charge in [0.05, 0.1) is 13.3 Å². The summed E-state index contributed by atoms with van der Waals surface area (Å²) >= 11 is 0. The van der Waals surface area contributed by atoms with Gasteiger partial charge in [0.2, 0.25) is 17.8 Å². The highest BCUT2D eigenvalue weighted by Crippen LogP contribution is 2.41. The Balaban J connectivity index is 1.63. The minimum Gasteiger partial charge on any atom is -0.495 e. The molecule has 188 valence electrons. The van der Waals surface area contributed by atoms with Crippen LogP contribution in [-0.4, -0.2) is 78.0 Å². The van der Waals surface area contributed by atoms with E-state index in [1.165, 1.54) is 6.08 Å². The molecule has 1 atom stereocenters. The molecule has 10 nitrogen and oxygen atoms in total. The van der Waals surface area contributed by atoms with Crippen molar-refractivity contribution in [3.05, 3.63) is 24.9 Å². The van der Waals surface area contributed by atoms with Crippen LogP contribution in [0, 0.1) is 11.3 Å². The third-order valence-electron chi connectivity index (χ3n) is 6.80. The SMILES string of the molecule is C=CC(=O)N1CC2(CCN(c3nc(N[C@H](CC(=O)NC)CC(C)C)c4ncc(OC)cc4n3)C2)C1. The van der Waals surface area contributed by atoms with E-state index < -0.39 is 0 Å². The van der Waals surface area contributed by atoms with Gasteiger partial charge >= 0.3 is 0 Å². The smallest absolute Gasteiger partial charge is 0.245 e. The number of nitrogens with one attached hydrogen (secondary N) is 2. The monoisotopic (exact) mass is 481 g/mol. The molecular weight excluding hydrogens is 446 g/mol. The highest BCUT2D eigenvalue weighted by Gasteiger charge is 2.49. The molecule has 2 aliphatic rings. The Morgan fingerprint density at radius 3 is 2.71 bits per heavy atom. The van der Waals surface area contributed by atoms with Crippen molar-refractivity contribution in [1.29, 1.82) is 0 Å². The van der Waals surface area contributed by atoms with Crippen LogP contribution in [0.15, 0.2) is 24.9 Å². The number of aromatic nitrogens is 3. The van der Waals surface area contributed by atoms with Gasteiger partial charge in [0.15, 0.2) is 5.82 Å². The van der Waals surface area contributed by atoms with Crippen LogP contribution in [0.25, 0.3) is 11.0 Å². The fraction of sp³-hybridized carbons (Fsp3) is 0.560. The van der Waals surface area contributed by atoms with Crippen molar-refractivity contribution in [2.24, 2.45) is 11.3 Å². The van der Waals surface area contributed by atoms with Crippen molar-refractivity contribution in [2.75, 3.05) is 50.6 Å². The van der Waals surface area contributed by atoms with Crippen LogP contribution < -0.4 is 20.3 Å². The van der Waals surface area contributed by atoms with Gasteiger partial charge in [0.25, 0.3) is 0 Å². The number of likely N-dealkylation sites (tertiary alicyclic amines) is 1. The number of fused-ring (bicyclic) bond motifs is 1. The molecule has 2 amide bonds. The molecule has 2 saturated heterocycles. The van der Waals surface area contributed by atoms with Crippen LogP contribution in [-0.2, 0) is 9.59 Å². The van der Waals surface area contributed by atoms with Crippen LogP contribution in [0.1, 0.15) is 33.1 Å². The third kappa shape index (κ3) is 5.31. The molecule has 35 heavy (non-hydrogen) atoms. The number of nitrogens with zero attached hydrogens (tertiary/aromatic N) is 5. The Bertz CT molecular complexity index is 1110. The first kappa shape index (κ1) is 24.7. The molecular formula is C25H35N7O3. The molecule has 2 aromatic rings. The predicted octanol–water partition coefficient (Wildman–Crippen LogP) is 2.22. The van der Waals surface area contributed by atoms with E-state index in [-0.39, 0.29) is 23.3 Å². The van der Waals surface area contributed by atoms with Crippen LogP contribution >= 0.6 is 0 Å². The fourth-order valence-corrected chi connectivity index (χ4v) is 5.04. The van der Waals surface area contributed by atoms with E-state index in [1.807, 2.05) is 11.0 Å². The number of carbonyl (C=O) groups excluding carboxylic acids is 2. The quantitative estimate of drug-likeness (QED) is 0.525. The Labute approximate surface area is 206 Å². The largest absolute Gasteiger partial charge is 0.495 e. The van der Waals surface area contributed by atoms with E-state index in [4.69, 9.17) is 14.7 Å². The molecule has 0 radical (unpaired) electrons. The molecule has 1 spiro atoms. The van der Waals surface area contributed by atoms with E-state index in [9.17, 15) is 9.59 Å². The molecule has 2 aromatic heterocycles. The molecule has 4 rings (SSSR count). The lowest BCUT2D eigenvalue weighted by molar-refractivity contribution is -0.136. The highest BCUT2D eigenvalue weighted by atomic mass is 16.5. The van der Waals surface area contributed by atoms with Crippen molar-refractivity contribution >= 4 is 34.6 Å². The van der Waals surface area contributed by atoms with Gasteiger partial charge in [-0.2, -0.15) is 4.98 Å². The standard InChI is InChI=1S/C25H35N7O3/c1-6-21(34)32-14-25(15-32)7-8-31(13-25)24-29-19-11-18(35-5)12-27-22(19)23(30-24)28-17(9-16(2)3)10-20(33)26-4/h6,11-12,16-17H,1,7-10,13-15H2,2-5H3,(H,26,33)(H,28,29,30)/t17-/m0/s1. The van der Waals surface area contributed by atoms with Crippen molar-refractivity contribution in [3.63, 3.8) is 0 Å². The maximum atomic E-state index is 12.2. The fourth-order valence-electron chi connectivity index (χ4n) is 5.04. The first-order chi connectivity index (χ1) is 16.8. The summed E-state index contributed by atoms with van der Waals surface area (Å²) < 4.78 is 5.38. The number of methoxy groups -OCH3 is 1. The summed E-state index contributed by atoms with van der Waals surface area (Å²) in [4.78, 5) is 42.4. The van der Waals surface area contributed by atoms with E-state index in [0.717, 1.165) is 39.0 Å². The van der Waals surface area contributed by atoms with Gasteiger partial charge in [-0.3, -0.25) is 9.59 Å². The summed E-state index contributed by atoms with van der Waals surface area (Å²) in [6.45, 7) is 10.9. The number of rotatable bonds is 9. The average Bonchev–Trinajstić information content (AvgIpc) is 3.27. The summed E-state index contributed by atoms with van der Waals surface area (Å²) in [5.41, 5.74) is 1.38.